The molecule has 8 heteroatoms. The van der Waals surface area contributed by atoms with Gasteiger partial charge in [0.25, 0.3) is 0 Å². The molecule has 1 aliphatic heterocycles. The molecule has 0 saturated carbocycles. The molecule has 29 heavy (non-hydrogen) atoms. The molecule has 1 fully saturated rings. The minimum Gasteiger partial charge on any atom is -0.497 e. The Hall–Kier alpha value is -2.45. The molecule has 2 atom stereocenters. The van der Waals surface area contributed by atoms with Gasteiger partial charge in [0.15, 0.2) is 0 Å². The first-order valence-electron chi connectivity index (χ1n) is 9.57. The molecule has 3 rings (SSSR count). The van der Waals surface area contributed by atoms with Gasteiger partial charge in [-0.3, -0.25) is 14.5 Å². The third-order valence-electron chi connectivity index (χ3n) is 5.09. The number of ether oxygens (including phenoxy) is 1. The standard InChI is InChI=1S/C21H25BrN4O3/c1-14(20(27)24-17-6-8-18(29-2)9-7-17)26-11-3-4-15(13-26)21(28)25-19-10-5-16(22)12-23-19/h5-10,12,14-15H,3-4,11,13H2,1-2H3,(H,24,27)(H,23,25,28). The Labute approximate surface area is 179 Å². The van der Waals surface area contributed by atoms with Crippen molar-refractivity contribution in [1.29, 1.82) is 0 Å². The number of amides is 2. The Morgan fingerprint density at radius 1 is 1.21 bits per heavy atom. The minimum atomic E-state index is -0.335. The Kier molecular flexibility index (Phi) is 7.22. The molecule has 0 spiro atoms. The number of hydrogen-bond acceptors (Lipinski definition) is 5. The van der Waals surface area contributed by atoms with E-state index in [2.05, 4.69) is 36.4 Å². The van der Waals surface area contributed by atoms with Crippen LogP contribution < -0.4 is 15.4 Å². The van der Waals surface area contributed by atoms with E-state index in [0.29, 0.717) is 12.4 Å². The normalized spacial score (nSPS) is 18.0. The number of likely N-dealkylation sites (tertiary alicyclic amines) is 1. The zero-order chi connectivity index (χ0) is 20.8. The number of methoxy groups -OCH3 is 1. The fourth-order valence-corrected chi connectivity index (χ4v) is 3.57. The molecule has 0 aliphatic carbocycles. The number of anilines is 2. The lowest BCUT2D eigenvalue weighted by Crippen LogP contribution is -2.49. The zero-order valence-corrected chi connectivity index (χ0v) is 18.1. The van der Waals surface area contributed by atoms with Crippen molar-refractivity contribution in [2.45, 2.75) is 25.8 Å². The number of piperidine rings is 1. The summed E-state index contributed by atoms with van der Waals surface area (Å²) in [6, 6.07) is 10.5. The van der Waals surface area contributed by atoms with Crippen molar-refractivity contribution >= 4 is 39.2 Å². The van der Waals surface area contributed by atoms with E-state index in [9.17, 15) is 9.59 Å². The van der Waals surface area contributed by atoms with Crippen LogP contribution in [0, 0.1) is 5.92 Å². The molecule has 2 aromatic rings. The number of benzene rings is 1. The van der Waals surface area contributed by atoms with Gasteiger partial charge in [-0.15, -0.1) is 0 Å². The van der Waals surface area contributed by atoms with Crippen LogP contribution in [0.2, 0.25) is 0 Å². The predicted molar refractivity (Wildman–Crippen MR) is 116 cm³/mol. The highest BCUT2D eigenvalue weighted by Crippen LogP contribution is 2.22. The van der Waals surface area contributed by atoms with Gasteiger partial charge in [-0.05, 0) is 78.6 Å². The molecule has 2 unspecified atom stereocenters. The molecule has 0 radical (unpaired) electrons. The fraction of sp³-hybridized carbons (Fsp3) is 0.381. The van der Waals surface area contributed by atoms with E-state index in [1.54, 1.807) is 43.6 Å². The number of nitrogens with zero attached hydrogens (tertiary/aromatic N) is 2. The third kappa shape index (κ3) is 5.77. The first-order chi connectivity index (χ1) is 14.0. The van der Waals surface area contributed by atoms with Crippen molar-refractivity contribution in [3.8, 4) is 5.75 Å². The molecule has 2 heterocycles. The Morgan fingerprint density at radius 3 is 2.62 bits per heavy atom. The Balaban J connectivity index is 1.56. The van der Waals surface area contributed by atoms with Gasteiger partial charge in [0.05, 0.1) is 19.1 Å². The second kappa shape index (κ2) is 9.84. The van der Waals surface area contributed by atoms with E-state index >= 15 is 0 Å². The molecule has 1 aromatic carbocycles. The van der Waals surface area contributed by atoms with Crippen LogP contribution in [0.25, 0.3) is 0 Å². The fourth-order valence-electron chi connectivity index (χ4n) is 3.34. The third-order valence-corrected chi connectivity index (χ3v) is 5.56. The maximum atomic E-state index is 12.7. The molecule has 7 nitrogen and oxygen atoms in total. The number of carbonyl (C=O) groups is 2. The summed E-state index contributed by atoms with van der Waals surface area (Å²) in [6.07, 6.45) is 3.31. The van der Waals surface area contributed by atoms with E-state index < -0.39 is 0 Å². The smallest absolute Gasteiger partial charge is 0.241 e. The SMILES string of the molecule is COc1ccc(NC(=O)C(C)N2CCCC(C(=O)Nc3ccc(Br)cn3)C2)cc1. The quantitative estimate of drug-likeness (QED) is 0.688. The summed E-state index contributed by atoms with van der Waals surface area (Å²) in [5.74, 6) is 0.935. The summed E-state index contributed by atoms with van der Waals surface area (Å²) in [5.41, 5.74) is 0.718. The van der Waals surface area contributed by atoms with Crippen LogP contribution >= 0.6 is 15.9 Å². The molecule has 1 aliphatic rings. The van der Waals surface area contributed by atoms with Crippen LogP contribution in [0.15, 0.2) is 47.1 Å². The molecule has 2 N–H and O–H groups in total. The van der Waals surface area contributed by atoms with Crippen molar-refractivity contribution in [2.24, 2.45) is 5.92 Å². The maximum absolute atomic E-state index is 12.7. The highest BCUT2D eigenvalue weighted by molar-refractivity contribution is 9.10. The summed E-state index contributed by atoms with van der Waals surface area (Å²) in [6.45, 7) is 3.20. The van der Waals surface area contributed by atoms with E-state index in [1.807, 2.05) is 13.0 Å². The largest absolute Gasteiger partial charge is 0.497 e. The molecule has 1 aromatic heterocycles. The van der Waals surface area contributed by atoms with Crippen LogP contribution in [0.5, 0.6) is 5.75 Å². The zero-order valence-electron chi connectivity index (χ0n) is 16.5. The Morgan fingerprint density at radius 2 is 1.97 bits per heavy atom. The van der Waals surface area contributed by atoms with Crippen molar-refractivity contribution in [3.63, 3.8) is 0 Å². The van der Waals surface area contributed by atoms with Crippen molar-refractivity contribution in [2.75, 3.05) is 30.8 Å². The maximum Gasteiger partial charge on any atom is 0.241 e. The number of hydrogen-bond donors (Lipinski definition) is 2. The lowest BCUT2D eigenvalue weighted by atomic mass is 9.96. The number of rotatable bonds is 6. The van der Waals surface area contributed by atoms with Crippen LogP contribution in [-0.4, -0.2) is 47.9 Å². The van der Waals surface area contributed by atoms with Crippen molar-refractivity contribution in [3.05, 3.63) is 47.1 Å². The van der Waals surface area contributed by atoms with E-state index in [-0.39, 0.29) is 23.8 Å². The topological polar surface area (TPSA) is 83.6 Å². The second-order valence-electron chi connectivity index (χ2n) is 7.08. The molecular weight excluding hydrogens is 436 g/mol. The molecule has 1 saturated heterocycles. The lowest BCUT2D eigenvalue weighted by Gasteiger charge is -2.35. The van der Waals surface area contributed by atoms with Gasteiger partial charge in [0.1, 0.15) is 11.6 Å². The average Bonchev–Trinajstić information content (AvgIpc) is 2.75. The molecule has 2 amide bonds. The van der Waals surface area contributed by atoms with Crippen LogP contribution in [0.4, 0.5) is 11.5 Å². The van der Waals surface area contributed by atoms with Crippen molar-refractivity contribution < 1.29 is 14.3 Å². The summed E-state index contributed by atoms with van der Waals surface area (Å²) >= 11 is 3.33. The minimum absolute atomic E-state index is 0.0627. The average molecular weight is 461 g/mol. The number of aromatic nitrogens is 1. The predicted octanol–water partition coefficient (Wildman–Crippen LogP) is 3.53. The highest BCUT2D eigenvalue weighted by Gasteiger charge is 2.31. The van der Waals surface area contributed by atoms with Crippen LogP contribution in [-0.2, 0) is 9.59 Å². The Bertz CT molecular complexity index is 842. The molecule has 154 valence electrons. The number of nitrogens with one attached hydrogen (secondary N) is 2. The van der Waals surface area contributed by atoms with Crippen LogP contribution in [0.1, 0.15) is 19.8 Å². The molecular formula is C21H25BrN4O3. The van der Waals surface area contributed by atoms with Gasteiger partial charge in [0.2, 0.25) is 11.8 Å². The highest BCUT2D eigenvalue weighted by atomic mass is 79.9. The van der Waals surface area contributed by atoms with Gasteiger partial charge in [0, 0.05) is 22.9 Å². The van der Waals surface area contributed by atoms with Crippen molar-refractivity contribution in [1.82, 2.24) is 9.88 Å². The second-order valence-corrected chi connectivity index (χ2v) is 7.99. The van der Waals surface area contributed by atoms with E-state index in [1.165, 1.54) is 0 Å². The van der Waals surface area contributed by atoms with Gasteiger partial charge >= 0.3 is 0 Å². The van der Waals surface area contributed by atoms with Gasteiger partial charge in [-0.2, -0.15) is 0 Å². The summed E-state index contributed by atoms with van der Waals surface area (Å²) in [5, 5.41) is 5.80. The number of halogens is 1. The van der Waals surface area contributed by atoms with Crippen LogP contribution in [0.3, 0.4) is 0 Å². The van der Waals surface area contributed by atoms with Gasteiger partial charge in [-0.25, -0.2) is 4.98 Å². The summed E-state index contributed by atoms with van der Waals surface area (Å²) in [4.78, 5) is 31.6. The summed E-state index contributed by atoms with van der Waals surface area (Å²) < 4.78 is 5.99. The summed E-state index contributed by atoms with van der Waals surface area (Å²) in [7, 11) is 1.60. The number of pyridine rings is 1. The van der Waals surface area contributed by atoms with Gasteiger partial charge < -0.3 is 15.4 Å². The van der Waals surface area contributed by atoms with E-state index in [0.717, 1.165) is 35.3 Å². The monoisotopic (exact) mass is 460 g/mol. The van der Waals surface area contributed by atoms with Gasteiger partial charge in [-0.1, -0.05) is 0 Å². The lowest BCUT2D eigenvalue weighted by molar-refractivity contribution is -0.125. The first kappa shape index (κ1) is 21.3. The number of carbonyl (C=O) groups excluding carboxylic acids is 2. The first-order valence-corrected chi connectivity index (χ1v) is 10.4. The molecule has 0 bridgehead atoms. The van der Waals surface area contributed by atoms with E-state index in [4.69, 9.17) is 4.74 Å².